The van der Waals surface area contributed by atoms with E-state index >= 15 is 0 Å². The molecule has 1 atom stereocenters. The van der Waals surface area contributed by atoms with Crippen molar-refractivity contribution in [1.29, 1.82) is 0 Å². The Bertz CT molecular complexity index is 804. The Morgan fingerprint density at radius 2 is 2.08 bits per heavy atom. The van der Waals surface area contributed by atoms with Gasteiger partial charge in [-0.3, -0.25) is 4.68 Å². The van der Waals surface area contributed by atoms with Crippen molar-refractivity contribution in [2.75, 3.05) is 0 Å². The van der Waals surface area contributed by atoms with Crippen molar-refractivity contribution < 1.29 is 0 Å². The Morgan fingerprint density at radius 3 is 2.96 bits per heavy atom. The Kier molecular flexibility index (Phi) is 4.13. The van der Waals surface area contributed by atoms with Gasteiger partial charge < -0.3 is 5.32 Å². The van der Waals surface area contributed by atoms with Crippen molar-refractivity contribution in [1.82, 2.24) is 29.9 Å². The number of nitrogens with one attached hydrogen (secondary N) is 1. The van der Waals surface area contributed by atoms with Crippen LogP contribution in [-0.2, 0) is 26.1 Å². The third-order valence-corrected chi connectivity index (χ3v) is 4.43. The lowest BCUT2D eigenvalue weighted by molar-refractivity contribution is 0.357. The lowest BCUT2D eigenvalue weighted by Gasteiger charge is -2.23. The van der Waals surface area contributed by atoms with Gasteiger partial charge in [0, 0.05) is 30.8 Å². The van der Waals surface area contributed by atoms with Gasteiger partial charge in [0.25, 0.3) is 0 Å². The van der Waals surface area contributed by atoms with Gasteiger partial charge in [0.2, 0.25) is 0 Å². The first-order chi connectivity index (χ1) is 11.8. The standard InChI is InChI=1S/C18H22N6/c1-14-21-18-8-7-17(13-24(18)22-14)19-9-16-10-20-23(12-16)11-15-5-3-2-4-6-15/h2-6,10,12,17,19H,7-9,11,13H2,1H3/t17-/m0/s1. The molecule has 124 valence electrons. The highest BCUT2D eigenvalue weighted by molar-refractivity contribution is 5.15. The molecule has 0 amide bonds. The van der Waals surface area contributed by atoms with Crippen LogP contribution >= 0.6 is 0 Å². The molecule has 24 heavy (non-hydrogen) atoms. The molecular weight excluding hydrogens is 300 g/mol. The summed E-state index contributed by atoms with van der Waals surface area (Å²) in [6.07, 6.45) is 6.17. The number of benzene rings is 1. The Morgan fingerprint density at radius 1 is 1.21 bits per heavy atom. The van der Waals surface area contributed by atoms with E-state index in [1.165, 1.54) is 11.1 Å². The molecule has 1 aliphatic heterocycles. The molecule has 0 radical (unpaired) electrons. The maximum atomic E-state index is 4.46. The molecule has 0 bridgehead atoms. The monoisotopic (exact) mass is 322 g/mol. The van der Waals surface area contributed by atoms with E-state index in [2.05, 4.69) is 51.0 Å². The number of fused-ring (bicyclic) bond motifs is 1. The van der Waals surface area contributed by atoms with Crippen molar-refractivity contribution >= 4 is 0 Å². The number of hydrogen-bond donors (Lipinski definition) is 1. The number of aromatic nitrogens is 5. The molecule has 3 heterocycles. The number of nitrogens with zero attached hydrogens (tertiary/aromatic N) is 5. The van der Waals surface area contributed by atoms with Crippen LogP contribution in [-0.4, -0.2) is 30.6 Å². The van der Waals surface area contributed by atoms with E-state index in [1.807, 2.05) is 28.6 Å². The van der Waals surface area contributed by atoms with Crippen molar-refractivity contribution in [3.05, 3.63) is 65.5 Å². The van der Waals surface area contributed by atoms with E-state index in [9.17, 15) is 0 Å². The summed E-state index contributed by atoms with van der Waals surface area (Å²) >= 11 is 0. The average Bonchev–Trinajstić information content (AvgIpc) is 3.18. The second-order valence-corrected chi connectivity index (χ2v) is 6.41. The molecule has 4 rings (SSSR count). The molecule has 0 fully saturated rings. The minimum Gasteiger partial charge on any atom is -0.308 e. The summed E-state index contributed by atoms with van der Waals surface area (Å²) in [5, 5.41) is 12.5. The van der Waals surface area contributed by atoms with E-state index in [1.54, 1.807) is 0 Å². The molecule has 1 N–H and O–H groups in total. The largest absolute Gasteiger partial charge is 0.308 e. The van der Waals surface area contributed by atoms with Crippen LogP contribution in [0.1, 0.15) is 29.2 Å². The quantitative estimate of drug-likeness (QED) is 0.780. The summed E-state index contributed by atoms with van der Waals surface area (Å²) in [6, 6.07) is 10.8. The average molecular weight is 322 g/mol. The zero-order valence-corrected chi connectivity index (χ0v) is 13.9. The number of hydrogen-bond acceptors (Lipinski definition) is 4. The normalized spacial score (nSPS) is 17.0. The molecular formula is C18H22N6. The molecule has 3 aromatic rings. The van der Waals surface area contributed by atoms with Crippen LogP contribution in [0.25, 0.3) is 0 Å². The highest BCUT2D eigenvalue weighted by Crippen LogP contribution is 2.13. The summed E-state index contributed by atoms with van der Waals surface area (Å²) in [6.45, 7) is 4.50. The van der Waals surface area contributed by atoms with Crippen molar-refractivity contribution in [3.8, 4) is 0 Å². The first-order valence-corrected chi connectivity index (χ1v) is 8.45. The van der Waals surface area contributed by atoms with Crippen molar-refractivity contribution in [2.45, 2.75) is 45.4 Å². The molecule has 6 nitrogen and oxygen atoms in total. The lowest BCUT2D eigenvalue weighted by Crippen LogP contribution is -2.37. The minimum absolute atomic E-state index is 0.441. The Hall–Kier alpha value is -2.47. The first kappa shape index (κ1) is 15.1. The SMILES string of the molecule is Cc1nc2n(n1)C[C@@H](NCc1cnn(Cc3ccccc3)c1)CC2. The second kappa shape index (κ2) is 6.57. The summed E-state index contributed by atoms with van der Waals surface area (Å²) in [4.78, 5) is 4.46. The van der Waals surface area contributed by atoms with Gasteiger partial charge in [-0.1, -0.05) is 30.3 Å². The van der Waals surface area contributed by atoms with Gasteiger partial charge in [-0.05, 0) is 18.9 Å². The van der Waals surface area contributed by atoms with Crippen molar-refractivity contribution in [2.24, 2.45) is 0 Å². The highest BCUT2D eigenvalue weighted by Gasteiger charge is 2.20. The maximum Gasteiger partial charge on any atom is 0.147 e. The van der Waals surface area contributed by atoms with Crippen LogP contribution in [0.5, 0.6) is 0 Å². The molecule has 0 spiro atoms. The van der Waals surface area contributed by atoms with Gasteiger partial charge in [-0.2, -0.15) is 10.2 Å². The van der Waals surface area contributed by atoms with Gasteiger partial charge in [-0.15, -0.1) is 0 Å². The predicted octanol–water partition coefficient (Wildman–Crippen LogP) is 1.94. The summed E-state index contributed by atoms with van der Waals surface area (Å²) in [7, 11) is 0. The molecule has 0 unspecified atom stereocenters. The van der Waals surface area contributed by atoms with Crippen LogP contribution < -0.4 is 5.32 Å². The fourth-order valence-corrected chi connectivity index (χ4v) is 3.22. The van der Waals surface area contributed by atoms with Crippen LogP contribution in [0.2, 0.25) is 0 Å². The Balaban J connectivity index is 1.32. The van der Waals surface area contributed by atoms with E-state index in [4.69, 9.17) is 0 Å². The van der Waals surface area contributed by atoms with Gasteiger partial charge in [0.1, 0.15) is 11.6 Å². The smallest absolute Gasteiger partial charge is 0.147 e. The number of aryl methyl sites for hydroxylation is 2. The highest BCUT2D eigenvalue weighted by atomic mass is 15.4. The first-order valence-electron chi connectivity index (χ1n) is 8.45. The third-order valence-electron chi connectivity index (χ3n) is 4.43. The van der Waals surface area contributed by atoms with E-state index in [0.29, 0.717) is 6.04 Å². The third kappa shape index (κ3) is 3.38. The molecule has 6 heteroatoms. The van der Waals surface area contributed by atoms with Crippen LogP contribution in [0.3, 0.4) is 0 Å². The zero-order chi connectivity index (χ0) is 16.4. The van der Waals surface area contributed by atoms with E-state index in [0.717, 1.165) is 44.1 Å². The fraction of sp³-hybridized carbons (Fsp3) is 0.389. The van der Waals surface area contributed by atoms with Crippen LogP contribution in [0, 0.1) is 6.92 Å². The van der Waals surface area contributed by atoms with Gasteiger partial charge >= 0.3 is 0 Å². The predicted molar refractivity (Wildman–Crippen MR) is 91.5 cm³/mol. The number of rotatable bonds is 5. The molecule has 0 saturated carbocycles. The molecule has 0 saturated heterocycles. The summed E-state index contributed by atoms with van der Waals surface area (Å²) < 4.78 is 4.03. The zero-order valence-electron chi connectivity index (χ0n) is 13.9. The topological polar surface area (TPSA) is 60.6 Å². The van der Waals surface area contributed by atoms with Gasteiger partial charge in [0.15, 0.2) is 0 Å². The lowest BCUT2D eigenvalue weighted by atomic mass is 10.1. The minimum atomic E-state index is 0.441. The molecule has 1 aliphatic rings. The summed E-state index contributed by atoms with van der Waals surface area (Å²) in [5.41, 5.74) is 2.48. The van der Waals surface area contributed by atoms with Crippen LogP contribution in [0.4, 0.5) is 0 Å². The second-order valence-electron chi connectivity index (χ2n) is 6.41. The maximum absolute atomic E-state index is 4.46. The van der Waals surface area contributed by atoms with E-state index in [-0.39, 0.29) is 0 Å². The Labute approximate surface area is 141 Å². The van der Waals surface area contributed by atoms with Gasteiger partial charge in [-0.25, -0.2) is 9.67 Å². The summed E-state index contributed by atoms with van der Waals surface area (Å²) in [5.74, 6) is 1.98. The molecule has 0 aliphatic carbocycles. The molecule has 2 aromatic heterocycles. The van der Waals surface area contributed by atoms with E-state index < -0.39 is 0 Å². The van der Waals surface area contributed by atoms with Crippen LogP contribution in [0.15, 0.2) is 42.7 Å². The fourth-order valence-electron chi connectivity index (χ4n) is 3.22. The molecule has 1 aromatic carbocycles. The van der Waals surface area contributed by atoms with Crippen molar-refractivity contribution in [3.63, 3.8) is 0 Å². The van der Waals surface area contributed by atoms with Gasteiger partial charge in [0.05, 0.1) is 19.3 Å².